The van der Waals surface area contributed by atoms with Gasteiger partial charge in [0, 0.05) is 45.3 Å². The van der Waals surface area contributed by atoms with Crippen molar-refractivity contribution in [1.29, 1.82) is 0 Å². The molecule has 3 saturated heterocycles. The monoisotopic (exact) mass is 592 g/mol. The molecule has 5 nitrogen and oxygen atoms in total. The molecule has 240 valence electrons. The van der Waals surface area contributed by atoms with Crippen LogP contribution < -0.4 is 9.64 Å². The van der Waals surface area contributed by atoms with Gasteiger partial charge in [-0.1, -0.05) is 64.7 Å². The van der Waals surface area contributed by atoms with Gasteiger partial charge in [-0.25, -0.2) is 0 Å². The predicted molar refractivity (Wildman–Crippen MR) is 182 cm³/mol. The Bertz CT molecular complexity index is 1080. The summed E-state index contributed by atoms with van der Waals surface area (Å²) in [5, 5.41) is 12.5. The van der Waals surface area contributed by atoms with Crippen LogP contribution in [0.4, 0.5) is 5.69 Å². The van der Waals surface area contributed by atoms with Gasteiger partial charge in [-0.3, -0.25) is 4.90 Å². The van der Waals surface area contributed by atoms with Crippen LogP contribution >= 0.6 is 0 Å². The number of rotatable bonds is 18. The Morgan fingerprint density at radius 3 is 2.07 bits per heavy atom. The highest BCUT2D eigenvalue weighted by atomic mass is 16.5. The molecule has 5 rings (SSSR count). The Morgan fingerprint density at radius 2 is 1.51 bits per heavy atom. The molecule has 3 heterocycles. The molecule has 2 aromatic rings. The number of aliphatic hydroxyl groups is 1. The minimum absolute atomic E-state index is 0.0819. The first-order valence-electron chi connectivity index (χ1n) is 17.5. The maximum absolute atomic E-state index is 12.5. The summed E-state index contributed by atoms with van der Waals surface area (Å²) < 4.78 is 7.59. The van der Waals surface area contributed by atoms with E-state index in [-0.39, 0.29) is 11.3 Å². The Hall–Kier alpha value is -2.08. The second kappa shape index (κ2) is 15.8. The molecule has 0 aliphatic carbocycles. The van der Waals surface area contributed by atoms with Gasteiger partial charge in [0.15, 0.2) is 0 Å². The third kappa shape index (κ3) is 8.35. The van der Waals surface area contributed by atoms with Crippen molar-refractivity contribution in [3.63, 3.8) is 0 Å². The Balaban J connectivity index is 1.51. The molecule has 2 atom stereocenters. The summed E-state index contributed by atoms with van der Waals surface area (Å²) >= 11 is 0. The predicted octanol–water partition coefficient (Wildman–Crippen LogP) is 7.64. The fourth-order valence-electron chi connectivity index (χ4n) is 7.75. The van der Waals surface area contributed by atoms with E-state index in [9.17, 15) is 5.11 Å². The van der Waals surface area contributed by atoms with Gasteiger partial charge in [-0.15, -0.1) is 0 Å². The highest BCUT2D eigenvalue weighted by Crippen LogP contribution is 2.47. The maximum atomic E-state index is 12.5. The van der Waals surface area contributed by atoms with Gasteiger partial charge >= 0.3 is 0 Å². The van der Waals surface area contributed by atoms with Crippen LogP contribution in [-0.4, -0.2) is 87.1 Å². The third-order valence-corrected chi connectivity index (χ3v) is 11.0. The lowest BCUT2D eigenvalue weighted by Crippen LogP contribution is -2.67. The molecule has 2 aromatic carbocycles. The first kappa shape index (κ1) is 33.8. The highest BCUT2D eigenvalue weighted by Gasteiger charge is 2.41. The summed E-state index contributed by atoms with van der Waals surface area (Å²) in [7, 11) is 4.20. The summed E-state index contributed by atoms with van der Waals surface area (Å²) in [6.45, 7) is 19.0. The van der Waals surface area contributed by atoms with Crippen LogP contribution in [-0.2, 0) is 0 Å². The van der Waals surface area contributed by atoms with Crippen molar-refractivity contribution in [1.82, 2.24) is 4.90 Å². The molecule has 3 aliphatic heterocycles. The topological polar surface area (TPSA) is 35.9 Å². The zero-order valence-electron chi connectivity index (χ0n) is 28.4. The quantitative estimate of drug-likeness (QED) is 0.143. The number of piperazine rings is 3. The van der Waals surface area contributed by atoms with E-state index in [2.05, 4.69) is 94.1 Å². The van der Waals surface area contributed by atoms with Crippen LogP contribution in [0.3, 0.4) is 0 Å². The number of quaternary nitrogens is 1. The van der Waals surface area contributed by atoms with Gasteiger partial charge in [0.05, 0.1) is 38.9 Å². The number of aryl methyl sites for hydroxylation is 1. The van der Waals surface area contributed by atoms with Crippen molar-refractivity contribution in [3.05, 3.63) is 59.2 Å². The highest BCUT2D eigenvalue weighted by molar-refractivity contribution is 5.53. The van der Waals surface area contributed by atoms with E-state index >= 15 is 0 Å². The van der Waals surface area contributed by atoms with E-state index in [1.54, 1.807) is 0 Å². The molecule has 0 spiro atoms. The lowest BCUT2D eigenvalue weighted by Gasteiger charge is -2.50. The Morgan fingerprint density at radius 1 is 0.884 bits per heavy atom. The summed E-state index contributed by atoms with van der Waals surface area (Å²) in [6.07, 6.45) is 9.66. The van der Waals surface area contributed by atoms with Crippen molar-refractivity contribution in [2.45, 2.75) is 97.5 Å². The van der Waals surface area contributed by atoms with Gasteiger partial charge in [0.25, 0.3) is 0 Å². The summed E-state index contributed by atoms with van der Waals surface area (Å²) in [6, 6.07) is 15.4. The SMILES string of the molecule is CCCCC(CC)(CCCC)[C@H](O)[C@H](c1ccc(OCCCC[N+]23CCN(CC2)CC3)cc1)c1cc(N(C)C)ccc1C. The minimum Gasteiger partial charge on any atom is -0.494 e. The fraction of sp³-hybridized carbons (Fsp3) is 0.684. The van der Waals surface area contributed by atoms with Gasteiger partial charge < -0.3 is 19.2 Å². The van der Waals surface area contributed by atoms with Crippen molar-refractivity contribution >= 4 is 5.69 Å². The number of hydrogen-bond acceptors (Lipinski definition) is 4. The molecule has 3 aliphatic rings. The van der Waals surface area contributed by atoms with Crippen molar-refractivity contribution in [2.75, 3.05) is 71.4 Å². The van der Waals surface area contributed by atoms with Gasteiger partial charge in [0.1, 0.15) is 5.75 Å². The lowest BCUT2D eigenvalue weighted by molar-refractivity contribution is -0.941. The minimum atomic E-state index is -0.456. The smallest absolute Gasteiger partial charge is 0.119 e. The number of unbranched alkanes of at least 4 members (excludes halogenated alkanes) is 3. The zero-order chi connectivity index (χ0) is 30.9. The van der Waals surface area contributed by atoms with Crippen LogP contribution in [0.2, 0.25) is 0 Å². The lowest BCUT2D eigenvalue weighted by atomic mass is 9.65. The van der Waals surface area contributed by atoms with Crippen LogP contribution in [0.1, 0.15) is 101 Å². The molecule has 0 unspecified atom stereocenters. The van der Waals surface area contributed by atoms with E-state index in [0.717, 1.165) is 63.7 Å². The summed E-state index contributed by atoms with van der Waals surface area (Å²) in [4.78, 5) is 4.79. The first-order valence-corrected chi connectivity index (χ1v) is 17.5. The summed E-state index contributed by atoms with van der Waals surface area (Å²) in [5.41, 5.74) is 4.75. The van der Waals surface area contributed by atoms with E-state index in [1.165, 1.54) is 79.1 Å². The molecule has 0 amide bonds. The normalized spacial score (nSPS) is 21.5. The van der Waals surface area contributed by atoms with E-state index in [4.69, 9.17) is 4.74 Å². The standard InChI is InChI=1S/C38H62N3O2/c1-7-10-20-38(9-3,21-11-8-2)37(42)36(35-30-33(39(5)6)17-14-31(35)4)32-15-18-34(19-16-32)43-29-13-12-25-41-26-22-40(23-27-41)24-28-41/h14-19,30,36-37,42H,7-13,20-29H2,1-6H3/q+1/t36-,37-/m1/s1. The van der Waals surface area contributed by atoms with Crippen molar-refractivity contribution in [3.8, 4) is 5.75 Å². The molecule has 43 heavy (non-hydrogen) atoms. The average molecular weight is 593 g/mol. The van der Waals surface area contributed by atoms with E-state index in [1.807, 2.05) is 0 Å². The van der Waals surface area contributed by atoms with Gasteiger partial charge in [0.2, 0.25) is 0 Å². The number of aliphatic hydroxyl groups excluding tert-OH is 1. The first-order chi connectivity index (χ1) is 20.8. The molecule has 2 bridgehead atoms. The molecular formula is C38H62N3O2+. The third-order valence-electron chi connectivity index (χ3n) is 11.0. The van der Waals surface area contributed by atoms with Crippen molar-refractivity contribution in [2.24, 2.45) is 5.41 Å². The summed E-state index contributed by atoms with van der Waals surface area (Å²) in [5.74, 6) is 0.856. The Kier molecular flexibility index (Phi) is 12.4. The van der Waals surface area contributed by atoms with Crippen LogP contribution in [0, 0.1) is 12.3 Å². The van der Waals surface area contributed by atoms with Crippen LogP contribution in [0.25, 0.3) is 0 Å². The molecule has 3 fully saturated rings. The van der Waals surface area contributed by atoms with Gasteiger partial charge in [-0.05, 0) is 85.4 Å². The van der Waals surface area contributed by atoms with Crippen molar-refractivity contribution < 1.29 is 14.3 Å². The maximum Gasteiger partial charge on any atom is 0.119 e. The van der Waals surface area contributed by atoms with Crippen LogP contribution in [0.5, 0.6) is 5.75 Å². The number of ether oxygens (including phenoxy) is 1. The molecule has 0 saturated carbocycles. The van der Waals surface area contributed by atoms with Gasteiger partial charge in [-0.2, -0.15) is 0 Å². The number of benzene rings is 2. The van der Waals surface area contributed by atoms with E-state index < -0.39 is 6.10 Å². The average Bonchev–Trinajstić information content (AvgIpc) is 3.03. The number of hydrogen-bond donors (Lipinski definition) is 1. The number of anilines is 1. The second-order valence-corrected chi connectivity index (χ2v) is 14.0. The van der Waals surface area contributed by atoms with E-state index in [0.29, 0.717) is 0 Å². The molecular weight excluding hydrogens is 530 g/mol. The number of fused-ring (bicyclic) bond motifs is 3. The van der Waals surface area contributed by atoms with Crippen LogP contribution in [0.15, 0.2) is 42.5 Å². The number of nitrogens with zero attached hydrogens (tertiary/aromatic N) is 3. The Labute approximate surface area is 263 Å². The second-order valence-electron chi connectivity index (χ2n) is 14.0. The molecule has 0 aromatic heterocycles. The molecule has 0 radical (unpaired) electrons. The fourth-order valence-corrected chi connectivity index (χ4v) is 7.75. The molecule has 5 heteroatoms. The molecule has 1 N–H and O–H groups in total. The zero-order valence-corrected chi connectivity index (χ0v) is 28.4. The largest absolute Gasteiger partial charge is 0.494 e.